The van der Waals surface area contributed by atoms with Crippen LogP contribution in [0.1, 0.15) is 36.9 Å². The Labute approximate surface area is 161 Å². The van der Waals surface area contributed by atoms with E-state index in [1.165, 1.54) is 6.42 Å². The van der Waals surface area contributed by atoms with E-state index in [1.807, 2.05) is 13.1 Å². The van der Waals surface area contributed by atoms with Crippen molar-refractivity contribution in [2.24, 2.45) is 0 Å². The molecule has 0 bridgehead atoms. The SMILES string of the molecule is CN(CC[C@H]1CCCCO1)Cc1cccc(-c2nc(C(F)(F)F)cc(=O)[nH]2)c1. The van der Waals surface area contributed by atoms with Gasteiger partial charge < -0.3 is 14.6 Å². The number of halogens is 3. The highest BCUT2D eigenvalue weighted by Crippen LogP contribution is 2.28. The van der Waals surface area contributed by atoms with Gasteiger partial charge in [0.15, 0.2) is 5.69 Å². The highest BCUT2D eigenvalue weighted by atomic mass is 19.4. The summed E-state index contributed by atoms with van der Waals surface area (Å²) in [5, 5.41) is 0. The van der Waals surface area contributed by atoms with E-state index in [9.17, 15) is 18.0 Å². The third-order valence-electron chi connectivity index (χ3n) is 4.79. The van der Waals surface area contributed by atoms with Crippen molar-refractivity contribution in [3.63, 3.8) is 0 Å². The Morgan fingerprint density at radius 3 is 2.82 bits per heavy atom. The minimum absolute atomic E-state index is 0.0834. The van der Waals surface area contributed by atoms with Crippen LogP contribution in [0.4, 0.5) is 13.2 Å². The minimum atomic E-state index is -4.66. The molecule has 2 heterocycles. The first kappa shape index (κ1) is 20.5. The van der Waals surface area contributed by atoms with Crippen molar-refractivity contribution in [3.8, 4) is 11.4 Å². The van der Waals surface area contributed by atoms with E-state index in [0.717, 1.165) is 38.0 Å². The number of rotatable bonds is 6. The van der Waals surface area contributed by atoms with Gasteiger partial charge >= 0.3 is 6.18 Å². The van der Waals surface area contributed by atoms with E-state index >= 15 is 0 Å². The van der Waals surface area contributed by atoms with Gasteiger partial charge in [-0.2, -0.15) is 13.2 Å². The van der Waals surface area contributed by atoms with Crippen molar-refractivity contribution in [3.05, 3.63) is 51.9 Å². The number of hydrogen-bond donors (Lipinski definition) is 1. The smallest absolute Gasteiger partial charge is 0.378 e. The molecule has 0 unspecified atom stereocenters. The van der Waals surface area contributed by atoms with Crippen molar-refractivity contribution in [1.29, 1.82) is 0 Å². The predicted octanol–water partition coefficient (Wildman–Crippen LogP) is 3.85. The third-order valence-corrected chi connectivity index (χ3v) is 4.79. The molecule has 1 aliphatic heterocycles. The number of alkyl halides is 3. The lowest BCUT2D eigenvalue weighted by Crippen LogP contribution is -2.26. The number of hydrogen-bond acceptors (Lipinski definition) is 4. The Balaban J connectivity index is 1.68. The van der Waals surface area contributed by atoms with Gasteiger partial charge in [0.1, 0.15) is 5.82 Å². The first-order chi connectivity index (χ1) is 13.3. The summed E-state index contributed by atoms with van der Waals surface area (Å²) in [5.41, 5.74) is -0.636. The Morgan fingerprint density at radius 1 is 1.29 bits per heavy atom. The normalized spacial score (nSPS) is 17.8. The van der Waals surface area contributed by atoms with Gasteiger partial charge in [0, 0.05) is 31.3 Å². The number of benzene rings is 1. The molecule has 1 N–H and O–H groups in total. The number of H-pyrrole nitrogens is 1. The van der Waals surface area contributed by atoms with Crippen molar-refractivity contribution < 1.29 is 17.9 Å². The summed E-state index contributed by atoms with van der Waals surface area (Å²) < 4.78 is 44.5. The maximum atomic E-state index is 12.9. The van der Waals surface area contributed by atoms with Crippen molar-refractivity contribution in [2.45, 2.75) is 44.5 Å². The van der Waals surface area contributed by atoms with Crippen LogP contribution in [0.5, 0.6) is 0 Å². The topological polar surface area (TPSA) is 58.2 Å². The highest BCUT2D eigenvalue weighted by Gasteiger charge is 2.33. The Morgan fingerprint density at radius 2 is 2.11 bits per heavy atom. The Bertz CT molecular complexity index is 845. The molecule has 2 aromatic rings. The summed E-state index contributed by atoms with van der Waals surface area (Å²) in [7, 11) is 2.00. The highest BCUT2D eigenvalue weighted by molar-refractivity contribution is 5.56. The zero-order valence-corrected chi connectivity index (χ0v) is 15.8. The fraction of sp³-hybridized carbons (Fsp3) is 0.500. The van der Waals surface area contributed by atoms with Crippen LogP contribution in [0.3, 0.4) is 0 Å². The molecule has 0 aliphatic carbocycles. The maximum absolute atomic E-state index is 12.9. The van der Waals surface area contributed by atoms with E-state index in [-0.39, 0.29) is 5.82 Å². The molecule has 1 fully saturated rings. The van der Waals surface area contributed by atoms with Gasteiger partial charge in [-0.15, -0.1) is 0 Å². The second-order valence-corrected chi connectivity index (χ2v) is 7.19. The summed E-state index contributed by atoms with van der Waals surface area (Å²) in [6.07, 6.45) is 0.0316. The summed E-state index contributed by atoms with van der Waals surface area (Å²) in [4.78, 5) is 19.7. The molecule has 152 valence electrons. The lowest BCUT2D eigenvalue weighted by molar-refractivity contribution is -0.141. The van der Waals surface area contributed by atoms with E-state index in [0.29, 0.717) is 24.3 Å². The van der Waals surface area contributed by atoms with E-state index in [4.69, 9.17) is 4.74 Å². The second-order valence-electron chi connectivity index (χ2n) is 7.19. The molecule has 8 heteroatoms. The molecular formula is C20H24F3N3O2. The van der Waals surface area contributed by atoms with Gasteiger partial charge in [0.2, 0.25) is 0 Å². The van der Waals surface area contributed by atoms with Crippen LogP contribution in [0, 0.1) is 0 Å². The third kappa shape index (κ3) is 5.65. The molecule has 1 aromatic carbocycles. The average molecular weight is 395 g/mol. The molecule has 0 radical (unpaired) electrons. The van der Waals surface area contributed by atoms with Gasteiger partial charge in [-0.05, 0) is 44.4 Å². The average Bonchev–Trinajstić information content (AvgIpc) is 2.66. The number of nitrogens with zero attached hydrogens (tertiary/aromatic N) is 2. The van der Waals surface area contributed by atoms with Crippen molar-refractivity contribution in [2.75, 3.05) is 20.2 Å². The van der Waals surface area contributed by atoms with E-state index < -0.39 is 17.4 Å². The summed E-state index contributed by atoms with van der Waals surface area (Å²) in [5.74, 6) is -0.0834. The predicted molar refractivity (Wildman–Crippen MR) is 99.8 cm³/mol. The fourth-order valence-electron chi connectivity index (χ4n) is 3.35. The van der Waals surface area contributed by atoms with Gasteiger partial charge in [-0.25, -0.2) is 4.98 Å². The van der Waals surface area contributed by atoms with Crippen LogP contribution in [-0.2, 0) is 17.5 Å². The largest absolute Gasteiger partial charge is 0.433 e. The zero-order chi connectivity index (χ0) is 20.1. The Kier molecular flexibility index (Phi) is 6.51. The lowest BCUT2D eigenvalue weighted by Gasteiger charge is -2.25. The van der Waals surface area contributed by atoms with Crippen LogP contribution in [0.15, 0.2) is 35.1 Å². The fourth-order valence-corrected chi connectivity index (χ4v) is 3.35. The maximum Gasteiger partial charge on any atom is 0.433 e. The van der Waals surface area contributed by atoms with Crippen LogP contribution in [0.25, 0.3) is 11.4 Å². The van der Waals surface area contributed by atoms with Crippen LogP contribution in [0.2, 0.25) is 0 Å². The molecule has 1 aromatic heterocycles. The number of aromatic amines is 1. The van der Waals surface area contributed by atoms with Crippen molar-refractivity contribution >= 4 is 0 Å². The van der Waals surface area contributed by atoms with Gasteiger partial charge in [0.05, 0.1) is 6.10 Å². The molecule has 1 saturated heterocycles. The monoisotopic (exact) mass is 395 g/mol. The molecule has 1 aliphatic rings. The Hall–Kier alpha value is -2.19. The quantitative estimate of drug-likeness (QED) is 0.807. The summed E-state index contributed by atoms with van der Waals surface area (Å²) in [6, 6.07) is 7.52. The second kappa shape index (κ2) is 8.87. The first-order valence-electron chi connectivity index (χ1n) is 9.39. The summed E-state index contributed by atoms with van der Waals surface area (Å²) in [6.45, 7) is 2.34. The van der Waals surface area contributed by atoms with Gasteiger partial charge in [0.25, 0.3) is 5.56 Å². The molecule has 0 amide bonds. The first-order valence-corrected chi connectivity index (χ1v) is 9.39. The van der Waals surface area contributed by atoms with E-state index in [1.54, 1.807) is 18.2 Å². The standard InChI is InChI=1S/C20H24F3N3O2/c1-26(9-8-16-7-2-3-10-28-16)13-14-5-4-6-15(11-14)19-24-17(20(21,22)23)12-18(27)25-19/h4-6,11-12,16H,2-3,7-10,13H2,1H3,(H,24,25,27)/t16-/m1/s1. The number of aromatic nitrogens is 2. The zero-order valence-electron chi connectivity index (χ0n) is 15.8. The molecule has 0 spiro atoms. The van der Waals surface area contributed by atoms with E-state index in [2.05, 4.69) is 14.9 Å². The minimum Gasteiger partial charge on any atom is -0.378 e. The molecule has 5 nitrogen and oxygen atoms in total. The lowest BCUT2D eigenvalue weighted by atomic mass is 10.1. The number of nitrogens with one attached hydrogen (secondary N) is 1. The van der Waals surface area contributed by atoms with Crippen LogP contribution < -0.4 is 5.56 Å². The molecule has 3 rings (SSSR count). The van der Waals surface area contributed by atoms with Crippen LogP contribution >= 0.6 is 0 Å². The molecular weight excluding hydrogens is 371 g/mol. The van der Waals surface area contributed by atoms with Gasteiger partial charge in [-0.3, -0.25) is 4.79 Å². The van der Waals surface area contributed by atoms with Crippen molar-refractivity contribution in [1.82, 2.24) is 14.9 Å². The van der Waals surface area contributed by atoms with Gasteiger partial charge in [-0.1, -0.05) is 18.2 Å². The molecule has 1 atom stereocenters. The molecule has 0 saturated carbocycles. The summed E-state index contributed by atoms with van der Waals surface area (Å²) >= 11 is 0. The molecule has 28 heavy (non-hydrogen) atoms. The number of ether oxygens (including phenoxy) is 1. The van der Waals surface area contributed by atoms with Crippen LogP contribution in [-0.4, -0.2) is 41.2 Å².